The SMILES string of the molecule is [N-]=[N+]=NCO[C@@]1(O)[C@@H](COP(=O)(O)OP(=O)(O)OP(=O)(O)O)O[C@@H](n2ccc(N)nc2=O)[C@@H]1O. The number of nitrogens with zero attached hydrogens (tertiary/aromatic N) is 5. The smallest absolute Gasteiger partial charge is 0.383 e. The molecule has 2 unspecified atom stereocenters. The van der Waals surface area contributed by atoms with Gasteiger partial charge in [0, 0.05) is 11.1 Å². The van der Waals surface area contributed by atoms with Gasteiger partial charge in [-0.15, -0.1) is 0 Å². The van der Waals surface area contributed by atoms with E-state index in [0.717, 1.165) is 12.3 Å². The van der Waals surface area contributed by atoms with Gasteiger partial charge in [0.05, 0.1) is 6.61 Å². The lowest BCUT2D eigenvalue weighted by atomic mass is 10.1. The third-order valence-corrected chi connectivity index (χ3v) is 7.61. The summed E-state index contributed by atoms with van der Waals surface area (Å²) in [6.07, 6.45) is -4.89. The second-order valence-corrected chi connectivity index (χ2v) is 10.6. The molecule has 21 nitrogen and oxygen atoms in total. The van der Waals surface area contributed by atoms with E-state index in [9.17, 15) is 33.6 Å². The zero-order valence-corrected chi connectivity index (χ0v) is 19.0. The number of aliphatic hydroxyl groups excluding tert-OH is 1. The first-order valence-electron chi connectivity index (χ1n) is 8.33. The highest BCUT2D eigenvalue weighted by Crippen LogP contribution is 2.66. The van der Waals surface area contributed by atoms with Crippen molar-refractivity contribution in [2.24, 2.45) is 5.11 Å². The molecule has 1 saturated heterocycles. The van der Waals surface area contributed by atoms with Gasteiger partial charge in [0.15, 0.2) is 12.3 Å². The van der Waals surface area contributed by atoms with Crippen LogP contribution in [0.2, 0.25) is 0 Å². The molecule has 1 fully saturated rings. The average molecular weight is 554 g/mol. The van der Waals surface area contributed by atoms with E-state index in [1.165, 1.54) is 0 Å². The zero-order chi connectivity index (χ0) is 25.9. The summed E-state index contributed by atoms with van der Waals surface area (Å²) in [4.78, 5) is 53.6. The van der Waals surface area contributed by atoms with Crippen molar-refractivity contribution in [2.75, 3.05) is 19.1 Å². The first kappa shape index (κ1) is 28.5. The van der Waals surface area contributed by atoms with Crippen molar-refractivity contribution < 1.29 is 66.1 Å². The maximum Gasteiger partial charge on any atom is 0.490 e. The fourth-order valence-corrected chi connectivity index (χ4v) is 5.55. The van der Waals surface area contributed by atoms with E-state index in [1.54, 1.807) is 0 Å². The van der Waals surface area contributed by atoms with Crippen molar-refractivity contribution in [3.05, 3.63) is 33.2 Å². The number of phosphoric acid groups is 3. The normalized spacial score (nSPS) is 28.6. The largest absolute Gasteiger partial charge is 0.490 e. The fraction of sp³-hybridized carbons (Fsp3) is 0.600. The van der Waals surface area contributed by atoms with Gasteiger partial charge in [0.25, 0.3) is 0 Å². The maximum atomic E-state index is 12.1. The van der Waals surface area contributed by atoms with Crippen LogP contribution in [0.4, 0.5) is 5.82 Å². The first-order valence-corrected chi connectivity index (χ1v) is 12.9. The molecule has 0 aliphatic carbocycles. The van der Waals surface area contributed by atoms with E-state index >= 15 is 0 Å². The van der Waals surface area contributed by atoms with Crippen LogP contribution in [0.1, 0.15) is 6.23 Å². The summed E-state index contributed by atoms with van der Waals surface area (Å²) in [6, 6.07) is 1.12. The number of ether oxygens (including phenoxy) is 2. The Morgan fingerprint density at radius 2 is 1.91 bits per heavy atom. The number of phosphoric ester groups is 1. The van der Waals surface area contributed by atoms with Crippen molar-refractivity contribution in [2.45, 2.75) is 24.2 Å². The minimum absolute atomic E-state index is 0.201. The topological polar surface area (TPSA) is 328 Å². The monoisotopic (exact) mass is 554 g/mol. The van der Waals surface area contributed by atoms with Crippen LogP contribution in [-0.4, -0.2) is 70.7 Å². The van der Waals surface area contributed by atoms with E-state index in [0.29, 0.717) is 4.57 Å². The Labute approximate surface area is 187 Å². The molecule has 6 atom stereocenters. The highest BCUT2D eigenvalue weighted by atomic mass is 31.3. The number of rotatable bonds is 11. The van der Waals surface area contributed by atoms with Gasteiger partial charge in [0.2, 0.25) is 5.79 Å². The van der Waals surface area contributed by atoms with Crippen molar-refractivity contribution >= 4 is 29.3 Å². The molecule has 2 rings (SSSR count). The number of azide groups is 1. The third-order valence-electron chi connectivity index (χ3n) is 3.81. The Morgan fingerprint density at radius 1 is 1.26 bits per heavy atom. The molecule has 0 saturated carbocycles. The van der Waals surface area contributed by atoms with Gasteiger partial charge in [0.1, 0.15) is 18.7 Å². The van der Waals surface area contributed by atoms with Crippen LogP contribution < -0.4 is 11.4 Å². The van der Waals surface area contributed by atoms with Gasteiger partial charge < -0.3 is 45.0 Å². The molecule has 24 heteroatoms. The number of aliphatic hydroxyl groups is 2. The summed E-state index contributed by atoms with van der Waals surface area (Å²) < 4.78 is 56.2. The second-order valence-electron chi connectivity index (χ2n) is 6.15. The first-order chi connectivity index (χ1) is 15.5. The Morgan fingerprint density at radius 3 is 2.47 bits per heavy atom. The van der Waals surface area contributed by atoms with Crippen LogP contribution in [0.3, 0.4) is 0 Å². The molecule has 34 heavy (non-hydrogen) atoms. The van der Waals surface area contributed by atoms with Gasteiger partial charge in [-0.1, -0.05) is 5.11 Å². The molecule has 1 aliphatic rings. The second kappa shape index (κ2) is 10.5. The summed E-state index contributed by atoms with van der Waals surface area (Å²) in [5.41, 5.74) is 12.7. The van der Waals surface area contributed by atoms with Crippen molar-refractivity contribution in [3.63, 3.8) is 0 Å². The number of hydrogen-bond donors (Lipinski definition) is 7. The minimum atomic E-state index is -5.84. The number of nitrogens with two attached hydrogens (primary N) is 1. The van der Waals surface area contributed by atoms with Gasteiger partial charge in [-0.2, -0.15) is 13.6 Å². The average Bonchev–Trinajstić information content (AvgIpc) is 2.89. The minimum Gasteiger partial charge on any atom is -0.383 e. The molecule has 8 N–H and O–H groups in total. The third kappa shape index (κ3) is 7.37. The highest BCUT2D eigenvalue weighted by Gasteiger charge is 2.58. The van der Waals surface area contributed by atoms with Crippen molar-refractivity contribution in [3.8, 4) is 0 Å². The molecule has 2 heterocycles. The quantitative estimate of drug-likeness (QED) is 0.0532. The molecule has 0 aromatic carbocycles. The molecule has 0 bridgehead atoms. The molecule has 0 amide bonds. The van der Waals surface area contributed by atoms with Crippen LogP contribution in [0.15, 0.2) is 22.2 Å². The van der Waals surface area contributed by atoms with Gasteiger partial charge in [-0.25, -0.2) is 18.5 Å². The maximum absolute atomic E-state index is 12.1. The number of aromatic nitrogens is 2. The molecule has 0 radical (unpaired) electrons. The molecule has 192 valence electrons. The predicted octanol–water partition coefficient (Wildman–Crippen LogP) is -1.60. The molecular weight excluding hydrogens is 537 g/mol. The van der Waals surface area contributed by atoms with Gasteiger partial charge in [-0.05, 0) is 11.6 Å². The zero-order valence-electron chi connectivity index (χ0n) is 16.3. The lowest BCUT2D eigenvalue weighted by Gasteiger charge is -2.30. The Balaban J connectivity index is 2.27. The standard InChI is InChI=1S/C10H17N6O15P3/c11-6-1-2-16(9(18)14-6)8-7(17)10(19,27-4-13-15-12)5(29-8)3-28-33(23,24)31-34(25,26)30-32(20,21)22/h1-2,5,7-8,17,19H,3-4H2,(H,23,24)(H,25,26)(H2,11,14,18)(H2,20,21,22)/t5-,7+,8-,10+/m1/s1. The molecule has 1 aromatic rings. The van der Waals surface area contributed by atoms with Crippen LogP contribution >= 0.6 is 23.5 Å². The van der Waals surface area contributed by atoms with Crippen molar-refractivity contribution in [1.29, 1.82) is 0 Å². The van der Waals surface area contributed by atoms with Crippen LogP contribution in [0.25, 0.3) is 10.4 Å². The Bertz CT molecular complexity index is 1150. The summed E-state index contributed by atoms with van der Waals surface area (Å²) in [6.45, 7) is -2.19. The Kier molecular flexibility index (Phi) is 8.77. The summed E-state index contributed by atoms with van der Waals surface area (Å²) in [7, 11) is -17.1. The lowest BCUT2D eigenvalue weighted by Crippen LogP contribution is -2.52. The fourth-order valence-electron chi connectivity index (χ4n) is 2.53. The summed E-state index contributed by atoms with van der Waals surface area (Å²) in [5, 5.41) is 24.2. The van der Waals surface area contributed by atoms with E-state index in [1.807, 2.05) is 0 Å². The van der Waals surface area contributed by atoms with Crippen LogP contribution in [-0.2, 0) is 36.3 Å². The van der Waals surface area contributed by atoms with Crippen LogP contribution in [0.5, 0.6) is 0 Å². The summed E-state index contributed by atoms with van der Waals surface area (Å²) >= 11 is 0. The predicted molar refractivity (Wildman–Crippen MR) is 103 cm³/mol. The van der Waals surface area contributed by atoms with Crippen molar-refractivity contribution in [1.82, 2.24) is 9.55 Å². The van der Waals surface area contributed by atoms with E-state index in [2.05, 4.69) is 28.2 Å². The van der Waals surface area contributed by atoms with Crippen LogP contribution in [0, 0.1) is 0 Å². The molecule has 0 spiro atoms. The molecule has 1 aliphatic heterocycles. The van der Waals surface area contributed by atoms with Gasteiger partial charge >= 0.3 is 29.2 Å². The van der Waals surface area contributed by atoms with Gasteiger partial charge in [-0.3, -0.25) is 9.09 Å². The highest BCUT2D eigenvalue weighted by molar-refractivity contribution is 7.66. The Hall–Kier alpha value is -1.76. The van der Waals surface area contributed by atoms with E-state index in [4.69, 9.17) is 35.4 Å². The van der Waals surface area contributed by atoms with E-state index in [-0.39, 0.29) is 5.82 Å². The van der Waals surface area contributed by atoms with E-state index < -0.39 is 66.7 Å². The number of hydrogen-bond acceptors (Lipinski definition) is 14. The molecular formula is C10H17N6O15P3. The molecule has 1 aromatic heterocycles. The number of nitrogen functional groups attached to an aromatic ring is 1. The summed E-state index contributed by atoms with van der Waals surface area (Å²) in [5.74, 6) is -3.09. The lowest BCUT2D eigenvalue weighted by molar-refractivity contribution is -0.264. The number of anilines is 1.